The zero-order valence-electron chi connectivity index (χ0n) is 10.9. The Morgan fingerprint density at radius 2 is 2.00 bits per heavy atom. The molecule has 1 aliphatic rings. The fraction of sp³-hybridized carbons (Fsp3) is 0.429. The van der Waals surface area contributed by atoms with Gasteiger partial charge in [0.25, 0.3) is 0 Å². The predicted molar refractivity (Wildman–Crippen MR) is 90.1 cm³/mol. The molecule has 1 fully saturated rings. The minimum absolute atomic E-state index is 0.172. The Morgan fingerprint density at radius 1 is 1.35 bits per heavy atom. The topological polar surface area (TPSA) is 55.1 Å². The van der Waals surface area contributed by atoms with Gasteiger partial charge in [-0.3, -0.25) is 4.79 Å². The number of amides is 1. The van der Waals surface area contributed by atoms with Crippen molar-refractivity contribution < 1.29 is 9.18 Å². The van der Waals surface area contributed by atoms with Crippen molar-refractivity contribution in [2.24, 2.45) is 11.1 Å². The van der Waals surface area contributed by atoms with E-state index in [1.54, 1.807) is 6.07 Å². The van der Waals surface area contributed by atoms with Crippen LogP contribution in [0.3, 0.4) is 0 Å². The Hall–Kier alpha value is -0.760. The summed E-state index contributed by atoms with van der Waals surface area (Å²) in [6.45, 7) is 0. The lowest BCUT2D eigenvalue weighted by Gasteiger charge is -2.34. The first-order chi connectivity index (χ1) is 9.45. The summed E-state index contributed by atoms with van der Waals surface area (Å²) < 4.78 is 13.7. The summed E-state index contributed by atoms with van der Waals surface area (Å²) >= 11 is 7.12. The fourth-order valence-corrected chi connectivity index (χ4v) is 3.48. The van der Waals surface area contributed by atoms with Gasteiger partial charge in [-0.25, -0.2) is 4.39 Å². The summed E-state index contributed by atoms with van der Waals surface area (Å²) in [5.41, 5.74) is 5.66. The van der Waals surface area contributed by atoms with Crippen LogP contribution < -0.4 is 11.1 Å². The third-order valence-corrected chi connectivity index (χ3v) is 5.08. The van der Waals surface area contributed by atoms with Gasteiger partial charge in [-0.05, 0) is 53.6 Å². The zero-order valence-corrected chi connectivity index (χ0v) is 13.9. The number of halogens is 2. The standard InChI is InChI=1S/C14H16FIN2OS/c15-9-4-5-11(10(16)8-9)18-13(19)14(12(17)20)6-2-1-3-7-14/h4-5,8H,1-3,6-7H2,(H2,17,20)(H,18,19). The van der Waals surface area contributed by atoms with Crippen molar-refractivity contribution in [2.45, 2.75) is 32.1 Å². The number of nitrogens with one attached hydrogen (secondary N) is 1. The van der Waals surface area contributed by atoms with Crippen LogP contribution in [0, 0.1) is 14.8 Å². The third-order valence-electron chi connectivity index (χ3n) is 3.79. The van der Waals surface area contributed by atoms with Crippen LogP contribution in [-0.4, -0.2) is 10.9 Å². The monoisotopic (exact) mass is 406 g/mol. The molecule has 1 saturated carbocycles. The van der Waals surface area contributed by atoms with E-state index in [9.17, 15) is 9.18 Å². The smallest absolute Gasteiger partial charge is 0.237 e. The van der Waals surface area contributed by atoms with E-state index in [0.717, 1.165) is 19.3 Å². The molecule has 3 nitrogen and oxygen atoms in total. The molecule has 108 valence electrons. The Labute approximate surface area is 136 Å². The molecule has 0 spiro atoms. The summed E-state index contributed by atoms with van der Waals surface area (Å²) in [7, 11) is 0. The fourth-order valence-electron chi connectivity index (χ4n) is 2.57. The van der Waals surface area contributed by atoms with Crippen molar-refractivity contribution >= 4 is 51.4 Å². The number of rotatable bonds is 3. The first-order valence-corrected chi connectivity index (χ1v) is 8.01. The lowest BCUT2D eigenvalue weighted by molar-refractivity contribution is -0.123. The second kappa shape index (κ2) is 6.34. The highest BCUT2D eigenvalue weighted by Gasteiger charge is 2.42. The van der Waals surface area contributed by atoms with Crippen molar-refractivity contribution in [3.63, 3.8) is 0 Å². The van der Waals surface area contributed by atoms with Crippen LogP contribution >= 0.6 is 34.8 Å². The van der Waals surface area contributed by atoms with Crippen LogP contribution in [0.25, 0.3) is 0 Å². The third kappa shape index (κ3) is 3.11. The number of thiocarbonyl (C=S) groups is 1. The molecule has 1 aromatic rings. The quantitative estimate of drug-likeness (QED) is 0.596. The van der Waals surface area contributed by atoms with Gasteiger partial charge in [0.05, 0.1) is 16.1 Å². The van der Waals surface area contributed by atoms with Gasteiger partial charge >= 0.3 is 0 Å². The number of hydrogen-bond acceptors (Lipinski definition) is 2. The molecular weight excluding hydrogens is 390 g/mol. The maximum atomic E-state index is 13.1. The van der Waals surface area contributed by atoms with Crippen LogP contribution in [0.5, 0.6) is 0 Å². The summed E-state index contributed by atoms with van der Waals surface area (Å²) in [5, 5.41) is 2.85. The Bertz CT molecular complexity index is 544. The van der Waals surface area contributed by atoms with E-state index in [1.165, 1.54) is 12.1 Å². The van der Waals surface area contributed by atoms with E-state index in [0.29, 0.717) is 22.1 Å². The van der Waals surface area contributed by atoms with E-state index in [-0.39, 0.29) is 16.7 Å². The minimum atomic E-state index is -0.759. The van der Waals surface area contributed by atoms with Crippen molar-refractivity contribution in [1.29, 1.82) is 0 Å². The number of carbonyl (C=O) groups excluding carboxylic acids is 1. The molecule has 1 amide bonds. The van der Waals surface area contributed by atoms with Crippen molar-refractivity contribution in [3.05, 3.63) is 27.6 Å². The highest BCUT2D eigenvalue weighted by atomic mass is 127. The highest BCUT2D eigenvalue weighted by Crippen LogP contribution is 2.38. The largest absolute Gasteiger partial charge is 0.392 e. The highest BCUT2D eigenvalue weighted by molar-refractivity contribution is 14.1. The number of nitrogens with two attached hydrogens (primary N) is 1. The van der Waals surface area contributed by atoms with Crippen LogP contribution in [0.2, 0.25) is 0 Å². The molecule has 1 aliphatic carbocycles. The van der Waals surface area contributed by atoms with Gasteiger partial charge in [0.15, 0.2) is 0 Å². The van der Waals surface area contributed by atoms with E-state index in [2.05, 4.69) is 5.32 Å². The van der Waals surface area contributed by atoms with Gasteiger partial charge in [0, 0.05) is 3.57 Å². The summed E-state index contributed by atoms with van der Waals surface area (Å²) in [4.78, 5) is 12.8. The minimum Gasteiger partial charge on any atom is -0.392 e. The summed E-state index contributed by atoms with van der Waals surface area (Å²) in [6.07, 6.45) is 4.38. The van der Waals surface area contributed by atoms with Gasteiger partial charge in [-0.15, -0.1) is 0 Å². The van der Waals surface area contributed by atoms with Gasteiger partial charge < -0.3 is 11.1 Å². The molecule has 0 aromatic heterocycles. The second-order valence-electron chi connectivity index (χ2n) is 5.09. The van der Waals surface area contributed by atoms with Crippen molar-refractivity contribution in [1.82, 2.24) is 0 Å². The molecule has 3 N–H and O–H groups in total. The summed E-state index contributed by atoms with van der Waals surface area (Å²) in [5.74, 6) is -0.497. The normalized spacial score (nSPS) is 17.5. The van der Waals surface area contributed by atoms with E-state index in [4.69, 9.17) is 18.0 Å². The number of hydrogen-bond donors (Lipinski definition) is 2. The second-order valence-corrected chi connectivity index (χ2v) is 6.69. The SMILES string of the molecule is NC(=S)C1(C(=O)Nc2ccc(F)cc2I)CCCCC1. The van der Waals surface area contributed by atoms with Gasteiger partial charge in [0.1, 0.15) is 5.82 Å². The lowest BCUT2D eigenvalue weighted by atomic mass is 9.73. The molecular formula is C14H16FIN2OS. The lowest BCUT2D eigenvalue weighted by Crippen LogP contribution is -2.47. The van der Waals surface area contributed by atoms with Crippen LogP contribution in [0.4, 0.5) is 10.1 Å². The van der Waals surface area contributed by atoms with E-state index in [1.807, 2.05) is 22.6 Å². The molecule has 1 aromatic carbocycles. The van der Waals surface area contributed by atoms with Crippen LogP contribution in [0.1, 0.15) is 32.1 Å². The first-order valence-electron chi connectivity index (χ1n) is 6.52. The number of carbonyl (C=O) groups is 1. The Morgan fingerprint density at radius 3 is 2.55 bits per heavy atom. The molecule has 0 bridgehead atoms. The van der Waals surface area contributed by atoms with E-state index < -0.39 is 5.41 Å². The van der Waals surface area contributed by atoms with Crippen molar-refractivity contribution in [2.75, 3.05) is 5.32 Å². The van der Waals surface area contributed by atoms with Crippen LogP contribution in [-0.2, 0) is 4.79 Å². The molecule has 0 aliphatic heterocycles. The molecule has 2 rings (SSSR count). The van der Waals surface area contributed by atoms with Gasteiger partial charge in [-0.1, -0.05) is 31.5 Å². The molecule has 0 unspecified atom stereocenters. The molecule has 0 atom stereocenters. The molecule has 0 heterocycles. The van der Waals surface area contributed by atoms with E-state index >= 15 is 0 Å². The number of anilines is 1. The molecule has 6 heteroatoms. The number of benzene rings is 1. The summed E-state index contributed by atoms with van der Waals surface area (Å²) in [6, 6.07) is 4.27. The zero-order chi connectivity index (χ0) is 14.8. The van der Waals surface area contributed by atoms with Gasteiger partial charge in [-0.2, -0.15) is 0 Å². The average Bonchev–Trinajstić information content (AvgIpc) is 2.42. The maximum absolute atomic E-state index is 13.1. The Kier molecular flexibility index (Phi) is 4.95. The van der Waals surface area contributed by atoms with Crippen LogP contribution in [0.15, 0.2) is 18.2 Å². The molecule has 0 radical (unpaired) electrons. The average molecular weight is 406 g/mol. The maximum Gasteiger partial charge on any atom is 0.237 e. The predicted octanol–water partition coefficient (Wildman–Crippen LogP) is 3.61. The molecule has 20 heavy (non-hydrogen) atoms. The molecule has 0 saturated heterocycles. The van der Waals surface area contributed by atoms with Gasteiger partial charge in [0.2, 0.25) is 5.91 Å². The van der Waals surface area contributed by atoms with Crippen molar-refractivity contribution in [3.8, 4) is 0 Å². The Balaban J connectivity index is 2.22. The first kappa shape index (κ1) is 15.6.